The minimum absolute atomic E-state index is 0.172. The topological polar surface area (TPSA) is 110 Å². The molecule has 0 aliphatic heterocycles. The Kier molecular flexibility index (Phi) is 5.50. The third-order valence-electron chi connectivity index (χ3n) is 4.56. The van der Waals surface area contributed by atoms with E-state index in [-0.39, 0.29) is 24.6 Å². The van der Waals surface area contributed by atoms with Gasteiger partial charge < -0.3 is 19.4 Å². The number of aromatic nitrogens is 4. The van der Waals surface area contributed by atoms with Gasteiger partial charge in [-0.25, -0.2) is 9.97 Å². The molecule has 0 fully saturated rings. The van der Waals surface area contributed by atoms with Crippen LogP contribution in [0.5, 0.6) is 5.88 Å². The smallest absolute Gasteiger partial charge is 0.268 e. The summed E-state index contributed by atoms with van der Waals surface area (Å²) in [6.45, 7) is 2.27. The minimum Gasteiger partial charge on any atom is -0.480 e. The van der Waals surface area contributed by atoms with Gasteiger partial charge >= 0.3 is 0 Å². The lowest BCUT2D eigenvalue weighted by Crippen LogP contribution is -2.28. The van der Waals surface area contributed by atoms with Crippen molar-refractivity contribution in [3.8, 4) is 5.88 Å². The van der Waals surface area contributed by atoms with Crippen LogP contribution in [0.4, 0.5) is 0 Å². The van der Waals surface area contributed by atoms with Crippen molar-refractivity contribution in [3.05, 3.63) is 43.9 Å². The van der Waals surface area contributed by atoms with Crippen molar-refractivity contribution in [2.45, 2.75) is 20.1 Å². The number of carbonyl (C=O) groups excluding carboxylic acids is 1. The molecular formula is C19H19N5O4S2. The molecule has 4 rings (SSSR count). The molecule has 0 aromatic carbocycles. The molecule has 4 aromatic rings. The number of ether oxygens (including phenoxy) is 2. The van der Waals surface area contributed by atoms with Crippen LogP contribution in [-0.4, -0.2) is 52.0 Å². The van der Waals surface area contributed by atoms with Crippen LogP contribution in [0.3, 0.4) is 0 Å². The summed E-state index contributed by atoms with van der Waals surface area (Å²) in [5.41, 5.74) is 1.18. The Morgan fingerprint density at radius 2 is 2.07 bits per heavy atom. The van der Waals surface area contributed by atoms with E-state index >= 15 is 0 Å². The molecule has 0 unspecified atom stereocenters. The van der Waals surface area contributed by atoms with Crippen LogP contribution in [0.2, 0.25) is 0 Å². The molecule has 0 spiro atoms. The molecule has 0 aliphatic carbocycles. The zero-order valence-corrected chi connectivity index (χ0v) is 18.4. The maximum Gasteiger partial charge on any atom is 0.268 e. The van der Waals surface area contributed by atoms with E-state index in [2.05, 4.69) is 19.9 Å². The quantitative estimate of drug-likeness (QED) is 0.486. The van der Waals surface area contributed by atoms with Crippen molar-refractivity contribution < 1.29 is 14.3 Å². The summed E-state index contributed by atoms with van der Waals surface area (Å²) in [6, 6.07) is 1.79. The van der Waals surface area contributed by atoms with Crippen molar-refractivity contribution >= 4 is 49.0 Å². The number of hydrogen-bond donors (Lipinski definition) is 1. The largest absolute Gasteiger partial charge is 0.480 e. The SMILES string of the molecule is COCc1nc(OC)c2c(C)c(C(=O)N(C)Cc3nc4ccsc4c(=O)[nH]3)sc2n1. The van der Waals surface area contributed by atoms with Crippen LogP contribution < -0.4 is 10.3 Å². The van der Waals surface area contributed by atoms with Gasteiger partial charge in [-0.3, -0.25) is 9.59 Å². The van der Waals surface area contributed by atoms with Gasteiger partial charge in [0.05, 0.1) is 29.4 Å². The summed E-state index contributed by atoms with van der Waals surface area (Å²) < 4.78 is 11.1. The van der Waals surface area contributed by atoms with Crippen molar-refractivity contribution in [2.75, 3.05) is 21.3 Å². The highest BCUT2D eigenvalue weighted by molar-refractivity contribution is 7.20. The summed E-state index contributed by atoms with van der Waals surface area (Å²) >= 11 is 2.62. The van der Waals surface area contributed by atoms with Crippen LogP contribution in [0.25, 0.3) is 20.4 Å². The van der Waals surface area contributed by atoms with Crippen molar-refractivity contribution in [3.63, 3.8) is 0 Å². The lowest BCUT2D eigenvalue weighted by atomic mass is 10.2. The zero-order valence-electron chi connectivity index (χ0n) is 16.8. The second kappa shape index (κ2) is 8.09. The van der Waals surface area contributed by atoms with Gasteiger partial charge in [-0.1, -0.05) is 0 Å². The van der Waals surface area contributed by atoms with Gasteiger partial charge in [0.25, 0.3) is 11.5 Å². The number of H-pyrrole nitrogens is 1. The van der Waals surface area contributed by atoms with Gasteiger partial charge in [0.15, 0.2) is 5.82 Å². The summed E-state index contributed by atoms with van der Waals surface area (Å²) in [7, 11) is 4.77. The molecule has 0 bridgehead atoms. The monoisotopic (exact) mass is 445 g/mol. The molecular weight excluding hydrogens is 426 g/mol. The zero-order chi connectivity index (χ0) is 21.4. The Morgan fingerprint density at radius 1 is 1.27 bits per heavy atom. The molecule has 156 valence electrons. The third kappa shape index (κ3) is 3.55. The summed E-state index contributed by atoms with van der Waals surface area (Å²) in [5, 5.41) is 2.53. The van der Waals surface area contributed by atoms with Gasteiger partial charge in [-0.15, -0.1) is 22.7 Å². The number of methoxy groups -OCH3 is 2. The molecule has 4 aromatic heterocycles. The number of nitrogens with one attached hydrogen (secondary N) is 1. The Balaban J connectivity index is 1.67. The number of carbonyl (C=O) groups is 1. The molecule has 11 heteroatoms. The van der Waals surface area contributed by atoms with Crippen LogP contribution in [0, 0.1) is 6.92 Å². The highest BCUT2D eigenvalue weighted by Crippen LogP contribution is 2.35. The van der Waals surface area contributed by atoms with E-state index in [0.29, 0.717) is 42.8 Å². The van der Waals surface area contributed by atoms with E-state index in [4.69, 9.17) is 9.47 Å². The maximum absolute atomic E-state index is 13.2. The average Bonchev–Trinajstić information content (AvgIpc) is 3.32. The molecule has 1 N–H and O–H groups in total. The summed E-state index contributed by atoms with van der Waals surface area (Å²) in [6.07, 6.45) is 0. The first-order valence-electron chi connectivity index (χ1n) is 8.97. The summed E-state index contributed by atoms with van der Waals surface area (Å²) in [5.74, 6) is 1.14. The van der Waals surface area contributed by atoms with Crippen molar-refractivity contribution in [1.29, 1.82) is 0 Å². The number of aryl methyl sites for hydroxylation is 1. The molecule has 0 saturated carbocycles. The predicted octanol–water partition coefficient (Wildman–Crippen LogP) is 2.72. The van der Waals surface area contributed by atoms with Gasteiger partial charge in [0.2, 0.25) is 5.88 Å². The third-order valence-corrected chi connectivity index (χ3v) is 6.64. The number of amides is 1. The van der Waals surface area contributed by atoms with Crippen molar-refractivity contribution in [1.82, 2.24) is 24.8 Å². The Morgan fingerprint density at radius 3 is 2.80 bits per heavy atom. The molecule has 0 saturated heterocycles. The maximum atomic E-state index is 13.2. The molecule has 1 amide bonds. The predicted molar refractivity (Wildman–Crippen MR) is 115 cm³/mol. The number of fused-ring (bicyclic) bond motifs is 2. The number of thiophene rings is 2. The molecule has 9 nitrogen and oxygen atoms in total. The van der Waals surface area contributed by atoms with Crippen molar-refractivity contribution in [2.24, 2.45) is 0 Å². The van der Waals surface area contributed by atoms with Crippen LogP contribution in [-0.2, 0) is 17.9 Å². The van der Waals surface area contributed by atoms with E-state index in [1.807, 2.05) is 12.3 Å². The highest BCUT2D eigenvalue weighted by Gasteiger charge is 2.24. The number of aromatic amines is 1. The first kappa shape index (κ1) is 20.4. The summed E-state index contributed by atoms with van der Waals surface area (Å²) in [4.78, 5) is 44.1. The lowest BCUT2D eigenvalue weighted by molar-refractivity contribution is 0.0786. The number of hydrogen-bond acceptors (Lipinski definition) is 9. The standard InChI is InChI=1S/C19H19N5O4S2/c1-9-13-17(28-4)22-12(8-27-3)23-18(13)30-14(9)19(26)24(2)7-11-20-10-5-6-29-15(10)16(25)21-11/h5-6H,7-8H2,1-4H3,(H,20,21,25). The van der Waals surface area contributed by atoms with Gasteiger partial charge in [-0.05, 0) is 23.9 Å². The van der Waals surface area contributed by atoms with Gasteiger partial charge in [0.1, 0.15) is 22.0 Å². The molecule has 0 atom stereocenters. The second-order valence-electron chi connectivity index (χ2n) is 6.63. The Labute approximate surface area is 179 Å². The lowest BCUT2D eigenvalue weighted by Gasteiger charge is -2.16. The first-order chi connectivity index (χ1) is 14.4. The number of rotatable bonds is 6. The fraction of sp³-hybridized carbons (Fsp3) is 0.316. The highest BCUT2D eigenvalue weighted by atomic mass is 32.1. The molecule has 4 heterocycles. The van der Waals surface area contributed by atoms with Gasteiger partial charge in [-0.2, -0.15) is 4.98 Å². The van der Waals surface area contributed by atoms with E-state index < -0.39 is 0 Å². The van der Waals surface area contributed by atoms with E-state index in [1.54, 1.807) is 20.2 Å². The Hall–Kier alpha value is -2.89. The molecule has 0 aliphatic rings. The fourth-order valence-electron chi connectivity index (χ4n) is 3.16. The van der Waals surface area contributed by atoms with Crippen LogP contribution >= 0.6 is 22.7 Å². The minimum atomic E-state index is -0.199. The van der Waals surface area contributed by atoms with Crippen LogP contribution in [0.15, 0.2) is 16.2 Å². The fourth-order valence-corrected chi connectivity index (χ4v) is 5.07. The molecule has 0 radical (unpaired) electrons. The molecule has 30 heavy (non-hydrogen) atoms. The second-order valence-corrected chi connectivity index (χ2v) is 8.54. The number of nitrogens with zero attached hydrogens (tertiary/aromatic N) is 4. The van der Waals surface area contributed by atoms with E-state index in [0.717, 1.165) is 5.56 Å². The first-order valence-corrected chi connectivity index (χ1v) is 10.7. The van der Waals surface area contributed by atoms with Crippen LogP contribution in [0.1, 0.15) is 26.9 Å². The van der Waals surface area contributed by atoms with E-state index in [9.17, 15) is 9.59 Å². The van der Waals surface area contributed by atoms with Gasteiger partial charge in [0, 0.05) is 14.2 Å². The normalized spacial score (nSPS) is 11.3. The average molecular weight is 446 g/mol. The Bertz CT molecular complexity index is 1310. The van der Waals surface area contributed by atoms with E-state index in [1.165, 1.54) is 34.7 Å².